The van der Waals surface area contributed by atoms with Crippen LogP contribution in [0.4, 0.5) is 0 Å². The molecule has 0 saturated heterocycles. The molecule has 0 radical (unpaired) electrons. The maximum absolute atomic E-state index is 11.6. The van der Waals surface area contributed by atoms with Crippen LogP contribution in [-0.4, -0.2) is 27.5 Å². The van der Waals surface area contributed by atoms with E-state index in [2.05, 4.69) is 34.1 Å². The largest absolute Gasteiger partial charge is 0.358 e. The number of fused-ring (bicyclic) bond motifs is 3. The maximum Gasteiger partial charge on any atom is 0.274 e. The Morgan fingerprint density at radius 1 is 1.21 bits per heavy atom. The fourth-order valence-electron chi connectivity index (χ4n) is 3.49. The number of aromatic amines is 1. The van der Waals surface area contributed by atoms with Crippen molar-refractivity contribution in [3.05, 3.63) is 70.9 Å². The molecule has 24 heavy (non-hydrogen) atoms. The number of hydrogen-bond donors (Lipinski definition) is 3. The molecule has 1 aromatic heterocycles. The molecule has 2 aromatic carbocycles. The van der Waals surface area contributed by atoms with E-state index in [4.69, 9.17) is 5.21 Å². The van der Waals surface area contributed by atoms with E-state index in [0.29, 0.717) is 5.56 Å². The van der Waals surface area contributed by atoms with Gasteiger partial charge in [-0.25, -0.2) is 5.48 Å². The van der Waals surface area contributed by atoms with Crippen molar-refractivity contribution in [1.29, 1.82) is 0 Å². The molecule has 0 fully saturated rings. The summed E-state index contributed by atoms with van der Waals surface area (Å²) in [4.78, 5) is 17.5. The van der Waals surface area contributed by atoms with Crippen LogP contribution in [0.2, 0.25) is 0 Å². The van der Waals surface area contributed by atoms with E-state index in [1.54, 1.807) is 11.5 Å². The van der Waals surface area contributed by atoms with Gasteiger partial charge in [0, 0.05) is 48.2 Å². The molecule has 1 aliphatic heterocycles. The zero-order valence-electron chi connectivity index (χ0n) is 13.2. The second-order valence-corrected chi connectivity index (χ2v) is 6.23. The first-order valence-corrected chi connectivity index (χ1v) is 8.09. The first-order chi connectivity index (χ1) is 11.7. The van der Waals surface area contributed by atoms with Crippen LogP contribution in [0.1, 0.15) is 27.2 Å². The Hall–Kier alpha value is -2.63. The molecule has 3 aromatic rings. The molecule has 0 spiro atoms. The van der Waals surface area contributed by atoms with E-state index < -0.39 is 5.91 Å². The van der Waals surface area contributed by atoms with Crippen LogP contribution in [0.25, 0.3) is 10.9 Å². The summed E-state index contributed by atoms with van der Waals surface area (Å²) in [6.07, 6.45) is 1.00. The van der Waals surface area contributed by atoms with Gasteiger partial charge in [0.25, 0.3) is 5.91 Å². The molecule has 0 unspecified atom stereocenters. The Morgan fingerprint density at radius 3 is 2.96 bits per heavy atom. The highest BCUT2D eigenvalue weighted by molar-refractivity contribution is 5.93. The van der Waals surface area contributed by atoms with E-state index >= 15 is 0 Å². The molecule has 5 nitrogen and oxygen atoms in total. The van der Waals surface area contributed by atoms with Crippen molar-refractivity contribution in [1.82, 2.24) is 15.4 Å². The van der Waals surface area contributed by atoms with Crippen LogP contribution < -0.4 is 5.48 Å². The quantitative estimate of drug-likeness (QED) is 0.513. The van der Waals surface area contributed by atoms with Gasteiger partial charge in [-0.1, -0.05) is 30.3 Å². The highest BCUT2D eigenvalue weighted by Gasteiger charge is 2.20. The van der Waals surface area contributed by atoms with Gasteiger partial charge in [0.2, 0.25) is 0 Å². The molecule has 1 amide bonds. The highest BCUT2D eigenvalue weighted by Crippen LogP contribution is 2.28. The summed E-state index contributed by atoms with van der Waals surface area (Å²) in [5.41, 5.74) is 7.14. The average molecular weight is 321 g/mol. The van der Waals surface area contributed by atoms with E-state index in [1.807, 2.05) is 18.2 Å². The fourth-order valence-corrected chi connectivity index (χ4v) is 3.49. The highest BCUT2D eigenvalue weighted by atomic mass is 16.5. The number of hydroxylamine groups is 1. The minimum atomic E-state index is -0.477. The molecule has 1 aliphatic rings. The van der Waals surface area contributed by atoms with Crippen molar-refractivity contribution in [2.75, 3.05) is 6.54 Å². The molecule has 5 heteroatoms. The topological polar surface area (TPSA) is 68.4 Å². The third kappa shape index (κ3) is 2.68. The Balaban J connectivity index is 1.56. The fraction of sp³-hybridized carbons (Fsp3) is 0.211. The predicted molar refractivity (Wildman–Crippen MR) is 91.8 cm³/mol. The molecule has 2 heterocycles. The molecular weight excluding hydrogens is 302 g/mol. The Morgan fingerprint density at radius 2 is 2.08 bits per heavy atom. The van der Waals surface area contributed by atoms with Gasteiger partial charge < -0.3 is 4.98 Å². The lowest BCUT2D eigenvalue weighted by Gasteiger charge is -2.27. The lowest BCUT2D eigenvalue weighted by molar-refractivity contribution is 0.0706. The second-order valence-electron chi connectivity index (χ2n) is 6.23. The van der Waals surface area contributed by atoms with Crippen LogP contribution in [0.15, 0.2) is 48.5 Å². The Kier molecular flexibility index (Phi) is 3.80. The second kappa shape index (κ2) is 6.11. The van der Waals surface area contributed by atoms with Crippen LogP contribution >= 0.6 is 0 Å². The number of aromatic nitrogens is 1. The molecule has 0 atom stereocenters. The number of nitrogens with zero attached hydrogens (tertiary/aromatic N) is 1. The van der Waals surface area contributed by atoms with Gasteiger partial charge in [0.15, 0.2) is 0 Å². The monoisotopic (exact) mass is 321 g/mol. The van der Waals surface area contributed by atoms with Gasteiger partial charge in [-0.05, 0) is 29.3 Å². The van der Waals surface area contributed by atoms with Gasteiger partial charge in [-0.15, -0.1) is 0 Å². The normalized spacial score (nSPS) is 14.5. The Bertz CT molecular complexity index is 901. The molecule has 0 aliphatic carbocycles. The van der Waals surface area contributed by atoms with Gasteiger partial charge in [0.1, 0.15) is 0 Å². The summed E-state index contributed by atoms with van der Waals surface area (Å²) in [7, 11) is 0. The lowest BCUT2D eigenvalue weighted by atomic mass is 10.0. The van der Waals surface area contributed by atoms with Crippen LogP contribution in [0, 0.1) is 0 Å². The van der Waals surface area contributed by atoms with Crippen molar-refractivity contribution in [3.8, 4) is 0 Å². The number of hydrogen-bond acceptors (Lipinski definition) is 3. The molecule has 0 saturated carbocycles. The smallest absolute Gasteiger partial charge is 0.274 e. The van der Waals surface area contributed by atoms with Crippen molar-refractivity contribution in [3.63, 3.8) is 0 Å². The number of benzene rings is 2. The van der Waals surface area contributed by atoms with Gasteiger partial charge in [-0.2, -0.15) is 0 Å². The number of para-hydroxylation sites is 1. The third-order valence-electron chi connectivity index (χ3n) is 4.66. The molecular formula is C19H19N3O2. The van der Waals surface area contributed by atoms with Gasteiger partial charge in [-0.3, -0.25) is 14.9 Å². The number of carbonyl (C=O) groups is 1. The summed E-state index contributed by atoms with van der Waals surface area (Å²) in [5.74, 6) is -0.477. The summed E-state index contributed by atoms with van der Waals surface area (Å²) < 4.78 is 0. The first kappa shape index (κ1) is 14.9. The SMILES string of the molecule is O=C(NO)c1cccc(CN2CCc3[nH]c4ccccc4c3C2)c1. The van der Waals surface area contributed by atoms with Crippen LogP contribution in [0.3, 0.4) is 0 Å². The van der Waals surface area contributed by atoms with E-state index in [1.165, 1.54) is 22.2 Å². The van der Waals surface area contributed by atoms with Crippen molar-refractivity contribution >= 4 is 16.8 Å². The zero-order chi connectivity index (χ0) is 16.5. The third-order valence-corrected chi connectivity index (χ3v) is 4.66. The molecule has 4 rings (SSSR count). The molecule has 0 bridgehead atoms. The Labute approximate surface area is 139 Å². The molecule has 3 N–H and O–H groups in total. The minimum Gasteiger partial charge on any atom is -0.358 e. The number of rotatable bonds is 3. The van der Waals surface area contributed by atoms with E-state index in [9.17, 15) is 4.79 Å². The summed E-state index contributed by atoms with van der Waals surface area (Å²) >= 11 is 0. The van der Waals surface area contributed by atoms with E-state index in [-0.39, 0.29) is 0 Å². The maximum atomic E-state index is 11.6. The number of nitrogens with one attached hydrogen (secondary N) is 2. The number of H-pyrrole nitrogens is 1. The van der Waals surface area contributed by atoms with Crippen molar-refractivity contribution < 1.29 is 10.0 Å². The number of amides is 1. The first-order valence-electron chi connectivity index (χ1n) is 8.09. The minimum absolute atomic E-state index is 0.472. The summed E-state index contributed by atoms with van der Waals surface area (Å²) in [6.45, 7) is 2.66. The lowest BCUT2D eigenvalue weighted by Crippen LogP contribution is -2.30. The average Bonchev–Trinajstić information content (AvgIpc) is 2.99. The van der Waals surface area contributed by atoms with Crippen LogP contribution in [0.5, 0.6) is 0 Å². The van der Waals surface area contributed by atoms with Gasteiger partial charge in [0.05, 0.1) is 0 Å². The van der Waals surface area contributed by atoms with E-state index in [0.717, 1.165) is 31.6 Å². The summed E-state index contributed by atoms with van der Waals surface area (Å²) in [5, 5.41) is 10.1. The van der Waals surface area contributed by atoms with Gasteiger partial charge >= 0.3 is 0 Å². The van der Waals surface area contributed by atoms with Crippen molar-refractivity contribution in [2.24, 2.45) is 0 Å². The molecule has 122 valence electrons. The number of carbonyl (C=O) groups excluding carboxylic acids is 1. The van der Waals surface area contributed by atoms with Crippen LogP contribution in [-0.2, 0) is 19.5 Å². The van der Waals surface area contributed by atoms with Crippen molar-refractivity contribution in [2.45, 2.75) is 19.5 Å². The zero-order valence-corrected chi connectivity index (χ0v) is 13.2. The predicted octanol–water partition coefficient (Wildman–Crippen LogP) is 2.85. The summed E-state index contributed by atoms with van der Waals surface area (Å²) in [6, 6.07) is 15.8. The standard InChI is InChI=1S/C19H19N3O2/c23-19(21-24)14-5-3-4-13(10-14)11-22-9-8-18-16(12-22)15-6-1-2-7-17(15)20-18/h1-7,10,20,24H,8-9,11-12H2,(H,21,23).